The molecule has 1 saturated carbocycles. The van der Waals surface area contributed by atoms with Gasteiger partial charge < -0.3 is 5.32 Å². The van der Waals surface area contributed by atoms with E-state index in [0.717, 1.165) is 19.5 Å². The number of nitrogens with one attached hydrogen (secondary N) is 1. The van der Waals surface area contributed by atoms with Crippen LogP contribution in [0.1, 0.15) is 57.1 Å². The Kier molecular flexibility index (Phi) is 5.05. The highest BCUT2D eigenvalue weighted by atomic mass is 15.3. The zero-order valence-corrected chi connectivity index (χ0v) is 11.0. The Morgan fingerprint density at radius 2 is 2.18 bits per heavy atom. The largest absolute Gasteiger partial charge is 0.317 e. The third-order valence-electron chi connectivity index (χ3n) is 3.60. The molecule has 0 atom stereocenters. The van der Waals surface area contributed by atoms with Crippen LogP contribution >= 0.6 is 0 Å². The third kappa shape index (κ3) is 3.84. The molecule has 0 amide bonds. The van der Waals surface area contributed by atoms with Gasteiger partial charge in [0.2, 0.25) is 0 Å². The summed E-state index contributed by atoms with van der Waals surface area (Å²) >= 11 is 0. The van der Waals surface area contributed by atoms with E-state index in [4.69, 9.17) is 0 Å². The van der Waals surface area contributed by atoms with Crippen LogP contribution in [0.4, 0.5) is 0 Å². The van der Waals surface area contributed by atoms with Gasteiger partial charge in [0.15, 0.2) is 0 Å². The zero-order chi connectivity index (χ0) is 11.9. The first-order valence-corrected chi connectivity index (χ1v) is 7.14. The lowest BCUT2D eigenvalue weighted by Gasteiger charge is -2.08. The van der Waals surface area contributed by atoms with Gasteiger partial charge in [0.25, 0.3) is 0 Å². The molecule has 0 saturated heterocycles. The highest BCUT2D eigenvalue weighted by molar-refractivity contribution is 5.05. The van der Waals surface area contributed by atoms with Crippen LogP contribution < -0.4 is 5.32 Å². The van der Waals surface area contributed by atoms with Crippen LogP contribution in [-0.4, -0.2) is 22.9 Å². The van der Waals surface area contributed by atoms with Crippen LogP contribution in [0.3, 0.4) is 0 Å². The quantitative estimate of drug-likeness (QED) is 0.736. The first-order valence-electron chi connectivity index (χ1n) is 7.14. The Labute approximate surface area is 105 Å². The molecule has 0 bridgehead atoms. The fourth-order valence-electron chi connectivity index (χ4n) is 2.59. The molecule has 2 rings (SSSR count). The molecule has 1 heterocycles. The summed E-state index contributed by atoms with van der Waals surface area (Å²) in [5, 5.41) is 7.95. The SMILES string of the molecule is CCCNCCCc1cnn(C2CCCC2)c1. The minimum absolute atomic E-state index is 0.682. The van der Waals surface area contributed by atoms with Gasteiger partial charge in [0.1, 0.15) is 0 Å². The van der Waals surface area contributed by atoms with Crippen molar-refractivity contribution in [3.63, 3.8) is 0 Å². The predicted molar refractivity (Wildman–Crippen MR) is 71.2 cm³/mol. The van der Waals surface area contributed by atoms with Crippen LogP contribution in [0, 0.1) is 0 Å². The molecule has 1 aromatic rings. The van der Waals surface area contributed by atoms with E-state index < -0.39 is 0 Å². The minimum atomic E-state index is 0.682. The molecule has 0 radical (unpaired) electrons. The summed E-state index contributed by atoms with van der Waals surface area (Å²) in [4.78, 5) is 0. The summed E-state index contributed by atoms with van der Waals surface area (Å²) in [7, 11) is 0. The van der Waals surface area contributed by atoms with Gasteiger partial charge in [0.05, 0.1) is 12.2 Å². The molecule has 1 aliphatic carbocycles. The van der Waals surface area contributed by atoms with Crippen LogP contribution in [0.25, 0.3) is 0 Å². The van der Waals surface area contributed by atoms with Gasteiger partial charge >= 0.3 is 0 Å². The van der Waals surface area contributed by atoms with Gasteiger partial charge in [-0.15, -0.1) is 0 Å². The lowest BCUT2D eigenvalue weighted by Crippen LogP contribution is -2.16. The molecule has 17 heavy (non-hydrogen) atoms. The average molecular weight is 235 g/mol. The molecule has 3 nitrogen and oxygen atoms in total. The molecule has 3 heteroatoms. The first kappa shape index (κ1) is 12.6. The number of hydrogen-bond donors (Lipinski definition) is 1. The molecule has 1 fully saturated rings. The number of rotatable bonds is 7. The predicted octanol–water partition coefficient (Wildman–Crippen LogP) is 2.93. The van der Waals surface area contributed by atoms with Crippen LogP contribution in [-0.2, 0) is 6.42 Å². The zero-order valence-electron chi connectivity index (χ0n) is 11.0. The molecular weight excluding hydrogens is 210 g/mol. The van der Waals surface area contributed by atoms with Crippen molar-refractivity contribution < 1.29 is 0 Å². The maximum atomic E-state index is 4.51. The van der Waals surface area contributed by atoms with E-state index in [0.29, 0.717) is 6.04 Å². The molecule has 1 aliphatic rings. The highest BCUT2D eigenvalue weighted by Crippen LogP contribution is 2.28. The summed E-state index contributed by atoms with van der Waals surface area (Å²) in [6.45, 7) is 4.47. The normalized spacial score (nSPS) is 16.8. The van der Waals surface area contributed by atoms with E-state index in [9.17, 15) is 0 Å². The molecule has 0 unspecified atom stereocenters. The molecule has 1 N–H and O–H groups in total. The lowest BCUT2D eigenvalue weighted by atomic mass is 10.2. The smallest absolute Gasteiger partial charge is 0.0521 e. The highest BCUT2D eigenvalue weighted by Gasteiger charge is 2.17. The summed E-state index contributed by atoms with van der Waals surface area (Å²) < 4.78 is 2.20. The molecule has 0 aromatic carbocycles. The number of aryl methyl sites for hydroxylation is 1. The van der Waals surface area contributed by atoms with Crippen molar-refractivity contribution >= 4 is 0 Å². The lowest BCUT2D eigenvalue weighted by molar-refractivity contribution is 0.466. The minimum Gasteiger partial charge on any atom is -0.317 e. The van der Waals surface area contributed by atoms with E-state index in [1.165, 1.54) is 44.1 Å². The number of hydrogen-bond acceptors (Lipinski definition) is 2. The van der Waals surface area contributed by atoms with E-state index in [1.54, 1.807) is 0 Å². The van der Waals surface area contributed by atoms with E-state index in [1.807, 2.05) is 0 Å². The Morgan fingerprint density at radius 3 is 2.94 bits per heavy atom. The van der Waals surface area contributed by atoms with E-state index in [-0.39, 0.29) is 0 Å². The van der Waals surface area contributed by atoms with Crippen molar-refractivity contribution in [3.8, 4) is 0 Å². The van der Waals surface area contributed by atoms with Crippen LogP contribution in [0.2, 0.25) is 0 Å². The van der Waals surface area contributed by atoms with Gasteiger partial charge in [-0.2, -0.15) is 5.10 Å². The number of nitrogens with zero attached hydrogens (tertiary/aromatic N) is 2. The fraction of sp³-hybridized carbons (Fsp3) is 0.786. The van der Waals surface area contributed by atoms with Gasteiger partial charge in [-0.05, 0) is 50.8 Å². The summed E-state index contributed by atoms with van der Waals surface area (Å²) in [5.41, 5.74) is 1.40. The Morgan fingerprint density at radius 1 is 1.35 bits per heavy atom. The van der Waals surface area contributed by atoms with Crippen molar-refractivity contribution in [2.75, 3.05) is 13.1 Å². The summed E-state index contributed by atoms with van der Waals surface area (Å²) in [5.74, 6) is 0. The average Bonchev–Trinajstić information content (AvgIpc) is 2.99. The third-order valence-corrected chi connectivity index (χ3v) is 3.60. The molecule has 96 valence electrons. The Hall–Kier alpha value is -0.830. The van der Waals surface area contributed by atoms with Crippen molar-refractivity contribution in [1.29, 1.82) is 0 Å². The van der Waals surface area contributed by atoms with Crippen molar-refractivity contribution in [1.82, 2.24) is 15.1 Å². The molecular formula is C14H25N3. The van der Waals surface area contributed by atoms with E-state index in [2.05, 4.69) is 34.4 Å². The Bertz CT molecular complexity index is 313. The molecule has 1 aromatic heterocycles. The maximum absolute atomic E-state index is 4.51. The second kappa shape index (κ2) is 6.80. The standard InChI is InChI=1S/C14H25N3/c1-2-9-15-10-5-6-13-11-16-17(12-13)14-7-3-4-8-14/h11-12,14-15H,2-10H2,1H3. The van der Waals surface area contributed by atoms with Gasteiger partial charge in [-0.25, -0.2) is 0 Å². The molecule has 0 spiro atoms. The van der Waals surface area contributed by atoms with Crippen molar-refractivity contribution in [2.45, 2.75) is 57.9 Å². The van der Waals surface area contributed by atoms with Crippen molar-refractivity contribution in [3.05, 3.63) is 18.0 Å². The first-order chi connectivity index (χ1) is 8.40. The Balaban J connectivity index is 1.70. The van der Waals surface area contributed by atoms with Gasteiger partial charge in [-0.3, -0.25) is 4.68 Å². The van der Waals surface area contributed by atoms with Crippen LogP contribution in [0.5, 0.6) is 0 Å². The second-order valence-corrected chi connectivity index (χ2v) is 5.12. The van der Waals surface area contributed by atoms with Gasteiger partial charge in [-0.1, -0.05) is 19.8 Å². The number of aromatic nitrogens is 2. The fourth-order valence-corrected chi connectivity index (χ4v) is 2.59. The summed E-state index contributed by atoms with van der Waals surface area (Å²) in [6, 6.07) is 0.682. The molecule has 0 aliphatic heterocycles. The monoisotopic (exact) mass is 235 g/mol. The van der Waals surface area contributed by atoms with Gasteiger partial charge in [0, 0.05) is 6.20 Å². The van der Waals surface area contributed by atoms with E-state index >= 15 is 0 Å². The maximum Gasteiger partial charge on any atom is 0.0521 e. The summed E-state index contributed by atoms with van der Waals surface area (Å²) in [6.07, 6.45) is 13.3. The second-order valence-electron chi connectivity index (χ2n) is 5.12. The van der Waals surface area contributed by atoms with Crippen molar-refractivity contribution in [2.24, 2.45) is 0 Å². The topological polar surface area (TPSA) is 29.9 Å². The van der Waals surface area contributed by atoms with Crippen LogP contribution in [0.15, 0.2) is 12.4 Å².